The Kier molecular flexibility index (Phi) is 6.91. The number of β-amino-alcohol motifs (C(OH)–C–C–N with tert-alkyl or cyclic N) is 1. The Hall–Kier alpha value is -3.42. The standard InChI is InChI=1S/C26H28N2O5/c1-18(29)28-13-11-27(12-14-28)16-22(30)17-33-24-10-9-19-5-2-3-8-23(19)25(24)20-6-4-7-21(15-20)26(31)32/h2-10,15,22,30H,11-14,16-17H2,1H3,(H,31,32). The van der Waals surface area contributed by atoms with Crippen LogP contribution in [0.25, 0.3) is 21.9 Å². The van der Waals surface area contributed by atoms with Gasteiger partial charge in [-0.15, -0.1) is 0 Å². The van der Waals surface area contributed by atoms with Crippen LogP contribution in [0.1, 0.15) is 17.3 Å². The van der Waals surface area contributed by atoms with Crippen molar-refractivity contribution in [2.24, 2.45) is 0 Å². The third kappa shape index (κ3) is 5.32. The molecule has 33 heavy (non-hydrogen) atoms. The molecule has 3 aromatic rings. The van der Waals surface area contributed by atoms with E-state index in [-0.39, 0.29) is 18.1 Å². The van der Waals surface area contributed by atoms with Gasteiger partial charge < -0.3 is 19.8 Å². The van der Waals surface area contributed by atoms with Crippen molar-refractivity contribution >= 4 is 22.6 Å². The van der Waals surface area contributed by atoms with Crippen LogP contribution in [0.4, 0.5) is 0 Å². The summed E-state index contributed by atoms with van der Waals surface area (Å²) in [5, 5.41) is 22.0. The highest BCUT2D eigenvalue weighted by Crippen LogP contribution is 2.37. The molecule has 4 rings (SSSR count). The molecule has 0 aliphatic carbocycles. The zero-order valence-corrected chi connectivity index (χ0v) is 18.6. The average Bonchev–Trinajstić information content (AvgIpc) is 2.82. The largest absolute Gasteiger partial charge is 0.490 e. The van der Waals surface area contributed by atoms with E-state index in [0.717, 1.165) is 35.0 Å². The molecule has 0 radical (unpaired) electrons. The molecule has 0 bridgehead atoms. The number of aliphatic hydroxyl groups is 1. The number of ether oxygens (including phenoxy) is 1. The van der Waals surface area contributed by atoms with Crippen LogP contribution in [0.2, 0.25) is 0 Å². The number of carbonyl (C=O) groups is 2. The zero-order valence-electron chi connectivity index (χ0n) is 18.6. The molecule has 0 spiro atoms. The van der Waals surface area contributed by atoms with E-state index in [1.807, 2.05) is 47.4 Å². The number of piperazine rings is 1. The highest BCUT2D eigenvalue weighted by molar-refractivity contribution is 6.01. The molecule has 1 amide bonds. The zero-order chi connectivity index (χ0) is 23.4. The third-order valence-electron chi connectivity index (χ3n) is 6.01. The monoisotopic (exact) mass is 448 g/mol. The molecule has 0 aromatic heterocycles. The number of nitrogens with zero attached hydrogens (tertiary/aromatic N) is 2. The Labute approximate surface area is 192 Å². The van der Waals surface area contributed by atoms with Gasteiger partial charge in [-0.05, 0) is 34.5 Å². The molecule has 1 atom stereocenters. The maximum atomic E-state index is 11.5. The average molecular weight is 449 g/mol. The number of fused-ring (bicyclic) bond motifs is 1. The summed E-state index contributed by atoms with van der Waals surface area (Å²) in [7, 11) is 0. The van der Waals surface area contributed by atoms with Gasteiger partial charge in [0, 0.05) is 45.2 Å². The van der Waals surface area contributed by atoms with Gasteiger partial charge in [-0.25, -0.2) is 4.79 Å². The Morgan fingerprint density at radius 3 is 2.48 bits per heavy atom. The van der Waals surface area contributed by atoms with Crippen LogP contribution in [-0.2, 0) is 4.79 Å². The second-order valence-corrected chi connectivity index (χ2v) is 8.32. The maximum Gasteiger partial charge on any atom is 0.335 e. The number of aromatic carboxylic acids is 1. The molecule has 1 aliphatic heterocycles. The van der Waals surface area contributed by atoms with Crippen LogP contribution in [0, 0.1) is 0 Å². The number of amides is 1. The number of hydrogen-bond donors (Lipinski definition) is 2. The third-order valence-corrected chi connectivity index (χ3v) is 6.01. The molecule has 7 nitrogen and oxygen atoms in total. The Bertz CT molecular complexity index is 1150. The van der Waals surface area contributed by atoms with Gasteiger partial charge in [-0.1, -0.05) is 42.5 Å². The highest BCUT2D eigenvalue weighted by Gasteiger charge is 2.21. The summed E-state index contributed by atoms with van der Waals surface area (Å²) in [4.78, 5) is 26.9. The molecule has 0 saturated carbocycles. The number of carboxylic acids is 1. The van der Waals surface area contributed by atoms with Gasteiger partial charge in [0.15, 0.2) is 0 Å². The Morgan fingerprint density at radius 2 is 1.76 bits per heavy atom. The first kappa shape index (κ1) is 22.8. The molecular formula is C26H28N2O5. The first-order chi connectivity index (χ1) is 15.9. The van der Waals surface area contributed by atoms with Crippen LogP contribution < -0.4 is 4.74 Å². The first-order valence-electron chi connectivity index (χ1n) is 11.1. The van der Waals surface area contributed by atoms with Crippen molar-refractivity contribution in [1.29, 1.82) is 0 Å². The van der Waals surface area contributed by atoms with Gasteiger partial charge in [-0.2, -0.15) is 0 Å². The van der Waals surface area contributed by atoms with Gasteiger partial charge in [-0.3, -0.25) is 9.69 Å². The second-order valence-electron chi connectivity index (χ2n) is 8.32. The quantitative estimate of drug-likeness (QED) is 0.577. The van der Waals surface area contributed by atoms with Crippen molar-refractivity contribution < 1.29 is 24.5 Å². The Morgan fingerprint density at radius 1 is 1.00 bits per heavy atom. The first-order valence-corrected chi connectivity index (χ1v) is 11.1. The van der Waals surface area contributed by atoms with Crippen molar-refractivity contribution in [1.82, 2.24) is 9.80 Å². The molecule has 2 N–H and O–H groups in total. The summed E-state index contributed by atoms with van der Waals surface area (Å²) in [6, 6.07) is 18.5. The van der Waals surface area contributed by atoms with Crippen LogP contribution in [0.15, 0.2) is 60.7 Å². The lowest BCUT2D eigenvalue weighted by Gasteiger charge is -2.35. The second kappa shape index (κ2) is 10.0. The number of aliphatic hydroxyl groups excluding tert-OH is 1. The van der Waals surface area contributed by atoms with E-state index in [9.17, 15) is 19.8 Å². The summed E-state index contributed by atoms with van der Waals surface area (Å²) in [6.45, 7) is 4.92. The van der Waals surface area contributed by atoms with Crippen molar-refractivity contribution in [3.63, 3.8) is 0 Å². The van der Waals surface area contributed by atoms with E-state index < -0.39 is 12.1 Å². The van der Waals surface area contributed by atoms with Crippen molar-refractivity contribution in [3.8, 4) is 16.9 Å². The van der Waals surface area contributed by atoms with Gasteiger partial charge in [0.2, 0.25) is 5.91 Å². The number of benzene rings is 3. The van der Waals surface area contributed by atoms with Crippen LogP contribution in [-0.4, -0.2) is 77.3 Å². The minimum atomic E-state index is -0.986. The van der Waals surface area contributed by atoms with Crippen LogP contribution >= 0.6 is 0 Å². The predicted molar refractivity (Wildman–Crippen MR) is 127 cm³/mol. The SMILES string of the molecule is CC(=O)N1CCN(CC(O)COc2ccc3ccccc3c2-c2cccc(C(=O)O)c2)CC1. The van der Waals surface area contributed by atoms with Gasteiger partial charge in [0.05, 0.1) is 5.56 Å². The van der Waals surface area contributed by atoms with Crippen LogP contribution in [0.3, 0.4) is 0 Å². The van der Waals surface area contributed by atoms with Gasteiger partial charge in [0.1, 0.15) is 18.5 Å². The fourth-order valence-electron chi connectivity index (χ4n) is 4.26. The fraction of sp³-hybridized carbons (Fsp3) is 0.308. The molecule has 1 saturated heterocycles. The van der Waals surface area contributed by atoms with E-state index >= 15 is 0 Å². The summed E-state index contributed by atoms with van der Waals surface area (Å²) < 4.78 is 6.07. The molecule has 7 heteroatoms. The summed E-state index contributed by atoms with van der Waals surface area (Å²) in [6.07, 6.45) is -0.696. The van der Waals surface area contributed by atoms with Crippen molar-refractivity contribution in [3.05, 3.63) is 66.2 Å². The Balaban J connectivity index is 1.52. The minimum absolute atomic E-state index is 0.0781. The highest BCUT2D eigenvalue weighted by atomic mass is 16.5. The van der Waals surface area contributed by atoms with Crippen molar-refractivity contribution in [2.45, 2.75) is 13.0 Å². The molecule has 172 valence electrons. The lowest BCUT2D eigenvalue weighted by atomic mass is 9.96. The molecule has 1 heterocycles. The van der Waals surface area contributed by atoms with E-state index in [1.54, 1.807) is 25.1 Å². The van der Waals surface area contributed by atoms with E-state index in [2.05, 4.69) is 4.90 Å². The maximum absolute atomic E-state index is 11.5. The summed E-state index contributed by atoms with van der Waals surface area (Å²) in [5.41, 5.74) is 1.76. The lowest BCUT2D eigenvalue weighted by Crippen LogP contribution is -2.50. The smallest absolute Gasteiger partial charge is 0.335 e. The topological polar surface area (TPSA) is 90.3 Å². The normalized spacial score (nSPS) is 15.4. The number of carbonyl (C=O) groups excluding carboxylic acids is 1. The van der Waals surface area contributed by atoms with Crippen LogP contribution in [0.5, 0.6) is 5.75 Å². The van der Waals surface area contributed by atoms with Gasteiger partial charge >= 0.3 is 5.97 Å². The minimum Gasteiger partial charge on any atom is -0.490 e. The number of rotatable bonds is 7. The number of hydrogen-bond acceptors (Lipinski definition) is 5. The molecule has 1 fully saturated rings. The van der Waals surface area contributed by atoms with E-state index in [4.69, 9.17) is 4.74 Å². The van der Waals surface area contributed by atoms with Crippen molar-refractivity contribution in [2.75, 3.05) is 39.3 Å². The molecule has 3 aromatic carbocycles. The molecule has 1 unspecified atom stereocenters. The molecular weight excluding hydrogens is 420 g/mol. The summed E-state index contributed by atoms with van der Waals surface area (Å²) >= 11 is 0. The van der Waals surface area contributed by atoms with Gasteiger partial charge in [0.25, 0.3) is 0 Å². The van der Waals surface area contributed by atoms with E-state index in [1.165, 1.54) is 0 Å². The lowest BCUT2D eigenvalue weighted by molar-refractivity contribution is -0.130. The fourth-order valence-corrected chi connectivity index (χ4v) is 4.26. The summed E-state index contributed by atoms with van der Waals surface area (Å²) in [5.74, 6) is -0.314. The van der Waals surface area contributed by atoms with E-state index in [0.29, 0.717) is 25.4 Å². The molecule has 1 aliphatic rings. The predicted octanol–water partition coefficient (Wildman–Crippen LogP) is 3.11. The number of carboxylic acid groups (broad SMARTS) is 1.